The molecule has 2 fully saturated rings. The minimum atomic E-state index is -0.868. The average Bonchev–Trinajstić information content (AvgIpc) is 3.35. The SMILES string of the molecule is COc1cc(/C=N\NC(=O)C(=O)NC[C@@H]2CCCO2)ccc1OCC(=O)N1CCOCC1. The van der Waals surface area contributed by atoms with Gasteiger partial charge in [0, 0.05) is 26.2 Å². The van der Waals surface area contributed by atoms with Crippen molar-refractivity contribution in [3.8, 4) is 11.5 Å². The highest BCUT2D eigenvalue weighted by Gasteiger charge is 2.19. The fraction of sp³-hybridized carbons (Fsp3) is 0.524. The van der Waals surface area contributed by atoms with Gasteiger partial charge in [-0.15, -0.1) is 0 Å². The van der Waals surface area contributed by atoms with Gasteiger partial charge in [0.1, 0.15) is 0 Å². The Bertz CT molecular complexity index is 833. The highest BCUT2D eigenvalue weighted by atomic mass is 16.5. The van der Waals surface area contributed by atoms with Gasteiger partial charge in [-0.05, 0) is 36.6 Å². The first-order valence-corrected chi connectivity index (χ1v) is 10.5. The van der Waals surface area contributed by atoms with Crippen molar-refractivity contribution in [1.82, 2.24) is 15.6 Å². The quantitative estimate of drug-likeness (QED) is 0.317. The third-order valence-electron chi connectivity index (χ3n) is 5.00. The minimum Gasteiger partial charge on any atom is -0.493 e. The number of ether oxygens (including phenoxy) is 4. The predicted octanol–water partition coefficient (Wildman–Crippen LogP) is -0.322. The summed E-state index contributed by atoms with van der Waals surface area (Å²) in [6, 6.07) is 4.97. The standard InChI is InChI=1S/C21H28N4O7/c1-29-18-11-15(4-5-17(18)32-14-19(26)25-6-9-30-10-7-25)12-23-24-21(28)20(27)22-13-16-3-2-8-31-16/h4-5,11-12,16H,2-3,6-10,13-14H2,1H3,(H,22,27)(H,24,28)/b23-12-/t16-/m0/s1. The molecule has 2 heterocycles. The van der Waals surface area contributed by atoms with Crippen LogP contribution in [0.5, 0.6) is 11.5 Å². The van der Waals surface area contributed by atoms with Crippen molar-refractivity contribution in [2.24, 2.45) is 5.10 Å². The van der Waals surface area contributed by atoms with Gasteiger partial charge in [0.2, 0.25) is 0 Å². The Kier molecular flexibility index (Phi) is 8.81. The zero-order chi connectivity index (χ0) is 22.8. The molecule has 1 atom stereocenters. The molecule has 11 heteroatoms. The van der Waals surface area contributed by atoms with Crippen LogP contribution in [0.1, 0.15) is 18.4 Å². The van der Waals surface area contributed by atoms with Gasteiger partial charge in [-0.2, -0.15) is 5.10 Å². The third-order valence-corrected chi connectivity index (χ3v) is 5.00. The Hall–Kier alpha value is -3.18. The number of amides is 3. The predicted molar refractivity (Wildman–Crippen MR) is 114 cm³/mol. The summed E-state index contributed by atoms with van der Waals surface area (Å²) in [4.78, 5) is 37.5. The first-order chi connectivity index (χ1) is 15.6. The third kappa shape index (κ3) is 6.92. The second-order valence-electron chi connectivity index (χ2n) is 7.24. The summed E-state index contributed by atoms with van der Waals surface area (Å²) in [5.74, 6) is -0.952. The number of nitrogens with zero attached hydrogens (tertiary/aromatic N) is 2. The largest absolute Gasteiger partial charge is 0.493 e. The van der Waals surface area contributed by atoms with Crippen molar-refractivity contribution >= 4 is 23.9 Å². The Morgan fingerprint density at radius 3 is 2.72 bits per heavy atom. The number of hydrogen-bond acceptors (Lipinski definition) is 8. The van der Waals surface area contributed by atoms with Crippen LogP contribution in [0.2, 0.25) is 0 Å². The van der Waals surface area contributed by atoms with E-state index in [1.807, 2.05) is 0 Å². The molecule has 0 aromatic heterocycles. The van der Waals surface area contributed by atoms with Crippen LogP contribution in [0, 0.1) is 0 Å². The van der Waals surface area contributed by atoms with Crippen LogP contribution in [-0.4, -0.2) is 88.1 Å². The lowest BCUT2D eigenvalue weighted by Gasteiger charge is -2.26. The Balaban J connectivity index is 1.46. The summed E-state index contributed by atoms with van der Waals surface area (Å²) in [6.45, 7) is 3.00. The summed E-state index contributed by atoms with van der Waals surface area (Å²) in [5, 5.41) is 6.32. The normalized spacial score (nSPS) is 18.4. The second-order valence-corrected chi connectivity index (χ2v) is 7.24. The van der Waals surface area contributed by atoms with Crippen molar-refractivity contribution in [1.29, 1.82) is 0 Å². The van der Waals surface area contributed by atoms with Gasteiger partial charge < -0.3 is 29.2 Å². The zero-order valence-electron chi connectivity index (χ0n) is 18.0. The van der Waals surface area contributed by atoms with Crippen LogP contribution in [-0.2, 0) is 23.9 Å². The molecule has 11 nitrogen and oxygen atoms in total. The van der Waals surface area contributed by atoms with Crippen LogP contribution < -0.4 is 20.2 Å². The molecule has 174 valence electrons. The fourth-order valence-corrected chi connectivity index (χ4v) is 3.24. The van der Waals surface area contributed by atoms with Gasteiger partial charge in [-0.1, -0.05) is 0 Å². The fourth-order valence-electron chi connectivity index (χ4n) is 3.24. The number of benzene rings is 1. The van der Waals surface area contributed by atoms with E-state index in [0.29, 0.717) is 56.5 Å². The number of carbonyl (C=O) groups is 3. The van der Waals surface area contributed by atoms with Crippen LogP contribution in [0.25, 0.3) is 0 Å². The van der Waals surface area contributed by atoms with Crippen molar-refractivity contribution in [2.45, 2.75) is 18.9 Å². The second kappa shape index (κ2) is 12.0. The number of nitrogens with one attached hydrogen (secondary N) is 2. The Morgan fingerprint density at radius 1 is 1.19 bits per heavy atom. The molecule has 1 aromatic rings. The molecular formula is C21H28N4O7. The number of hydrogen-bond donors (Lipinski definition) is 2. The number of morpholine rings is 1. The van der Waals surface area contributed by atoms with Gasteiger partial charge in [0.25, 0.3) is 5.91 Å². The summed E-state index contributed by atoms with van der Waals surface area (Å²) in [7, 11) is 1.48. The first kappa shape index (κ1) is 23.5. The number of rotatable bonds is 8. The lowest BCUT2D eigenvalue weighted by molar-refractivity contribution is -0.139. The Labute approximate surface area is 186 Å². The molecule has 2 aliphatic heterocycles. The van der Waals surface area contributed by atoms with Crippen molar-refractivity contribution in [3.05, 3.63) is 23.8 Å². The van der Waals surface area contributed by atoms with Gasteiger partial charge in [-0.3, -0.25) is 14.4 Å². The topological polar surface area (TPSA) is 128 Å². The molecule has 3 amide bonds. The van der Waals surface area contributed by atoms with E-state index in [1.165, 1.54) is 13.3 Å². The molecule has 32 heavy (non-hydrogen) atoms. The molecule has 0 spiro atoms. The van der Waals surface area contributed by atoms with Crippen molar-refractivity contribution in [2.75, 3.05) is 53.2 Å². The lowest BCUT2D eigenvalue weighted by Crippen LogP contribution is -2.43. The summed E-state index contributed by atoms with van der Waals surface area (Å²) in [5.41, 5.74) is 2.79. The smallest absolute Gasteiger partial charge is 0.329 e. The average molecular weight is 448 g/mol. The molecule has 2 aliphatic rings. The summed E-state index contributed by atoms with van der Waals surface area (Å²) >= 11 is 0. The summed E-state index contributed by atoms with van der Waals surface area (Å²) in [6.07, 6.45) is 3.14. The molecule has 2 N–H and O–H groups in total. The highest BCUT2D eigenvalue weighted by molar-refractivity contribution is 6.35. The van der Waals surface area contributed by atoms with E-state index < -0.39 is 11.8 Å². The lowest BCUT2D eigenvalue weighted by atomic mass is 10.2. The van der Waals surface area contributed by atoms with Gasteiger partial charge >= 0.3 is 11.8 Å². The molecule has 0 saturated carbocycles. The monoisotopic (exact) mass is 448 g/mol. The van der Waals surface area contributed by atoms with Gasteiger partial charge in [0.15, 0.2) is 18.1 Å². The maximum atomic E-state index is 12.2. The molecule has 0 aliphatic carbocycles. The van der Waals surface area contributed by atoms with Crippen LogP contribution >= 0.6 is 0 Å². The van der Waals surface area contributed by atoms with Gasteiger partial charge in [-0.25, -0.2) is 5.43 Å². The molecule has 2 saturated heterocycles. The van der Waals surface area contributed by atoms with E-state index in [2.05, 4.69) is 15.8 Å². The zero-order valence-corrected chi connectivity index (χ0v) is 18.0. The van der Waals surface area contributed by atoms with E-state index in [0.717, 1.165) is 12.8 Å². The van der Waals surface area contributed by atoms with Crippen LogP contribution in [0.3, 0.4) is 0 Å². The highest BCUT2D eigenvalue weighted by Crippen LogP contribution is 2.27. The van der Waals surface area contributed by atoms with Crippen molar-refractivity contribution < 1.29 is 33.3 Å². The maximum absolute atomic E-state index is 12.2. The van der Waals surface area contributed by atoms with Crippen molar-refractivity contribution in [3.63, 3.8) is 0 Å². The van der Waals surface area contributed by atoms with E-state index in [9.17, 15) is 14.4 Å². The molecule has 3 rings (SSSR count). The summed E-state index contributed by atoms with van der Waals surface area (Å²) < 4.78 is 21.5. The molecular weight excluding hydrogens is 420 g/mol. The molecule has 0 bridgehead atoms. The Morgan fingerprint density at radius 2 is 2.00 bits per heavy atom. The van der Waals surface area contributed by atoms with E-state index >= 15 is 0 Å². The minimum absolute atomic E-state index is 0.0485. The molecule has 0 unspecified atom stereocenters. The van der Waals surface area contributed by atoms with E-state index in [4.69, 9.17) is 18.9 Å². The van der Waals surface area contributed by atoms with E-state index in [1.54, 1.807) is 23.1 Å². The number of carbonyl (C=O) groups excluding carboxylic acids is 3. The van der Waals surface area contributed by atoms with E-state index in [-0.39, 0.29) is 18.6 Å². The van der Waals surface area contributed by atoms with Crippen LogP contribution in [0.4, 0.5) is 0 Å². The number of methoxy groups -OCH3 is 1. The maximum Gasteiger partial charge on any atom is 0.329 e. The first-order valence-electron chi connectivity index (χ1n) is 10.5. The van der Waals surface area contributed by atoms with Gasteiger partial charge in [0.05, 0.1) is 32.6 Å². The molecule has 0 radical (unpaired) electrons. The molecule has 1 aromatic carbocycles. The number of hydrazone groups is 1. The van der Waals surface area contributed by atoms with Crippen LogP contribution in [0.15, 0.2) is 23.3 Å².